The monoisotopic (exact) mass is 195 g/mol. The summed E-state index contributed by atoms with van der Waals surface area (Å²) in [5.41, 5.74) is -1.30. The van der Waals surface area contributed by atoms with Crippen LogP contribution in [0, 0.1) is 10.1 Å². The van der Waals surface area contributed by atoms with Crippen LogP contribution in [0.4, 0.5) is 5.69 Å². The summed E-state index contributed by atoms with van der Waals surface area (Å²) in [4.78, 5) is 24.9. The molecule has 0 aliphatic heterocycles. The molecule has 2 aromatic heterocycles. The lowest BCUT2D eigenvalue weighted by Crippen LogP contribution is -2.20. The van der Waals surface area contributed by atoms with Crippen LogP contribution in [0.15, 0.2) is 17.3 Å². The van der Waals surface area contributed by atoms with Crippen molar-refractivity contribution in [3.05, 3.63) is 33.0 Å². The molecule has 0 saturated heterocycles. The van der Waals surface area contributed by atoms with Gasteiger partial charge in [-0.15, -0.1) is 5.10 Å². The largest absolute Gasteiger partial charge is 0.353 e. The SMILES string of the molecule is Cn1cc([N+](=O)[O-])c(=O)n2ncnc12. The number of hydrogen-bond donors (Lipinski definition) is 0. The number of fused-ring (bicyclic) bond motifs is 1. The zero-order chi connectivity index (χ0) is 10.3. The minimum absolute atomic E-state index is 0.264. The summed E-state index contributed by atoms with van der Waals surface area (Å²) in [7, 11) is 1.55. The average molecular weight is 195 g/mol. The topological polar surface area (TPSA) is 95.3 Å². The quantitative estimate of drug-likeness (QED) is 0.444. The molecule has 2 rings (SSSR count). The maximum absolute atomic E-state index is 11.4. The number of aryl methyl sites for hydroxylation is 1. The van der Waals surface area contributed by atoms with Crippen LogP contribution in [0.2, 0.25) is 0 Å². The molecule has 0 amide bonds. The number of nitrogens with zero attached hydrogens (tertiary/aromatic N) is 5. The van der Waals surface area contributed by atoms with E-state index in [-0.39, 0.29) is 5.78 Å². The summed E-state index contributed by atoms with van der Waals surface area (Å²) < 4.78 is 2.25. The van der Waals surface area contributed by atoms with Gasteiger partial charge in [0.15, 0.2) is 0 Å². The molecule has 0 aliphatic carbocycles. The van der Waals surface area contributed by atoms with Crippen molar-refractivity contribution in [2.45, 2.75) is 0 Å². The lowest BCUT2D eigenvalue weighted by molar-refractivity contribution is -0.386. The zero-order valence-electron chi connectivity index (χ0n) is 7.12. The summed E-state index contributed by atoms with van der Waals surface area (Å²) >= 11 is 0. The van der Waals surface area contributed by atoms with Crippen molar-refractivity contribution in [3.8, 4) is 0 Å². The Bertz CT molecular complexity index is 568. The highest BCUT2D eigenvalue weighted by atomic mass is 16.6. The van der Waals surface area contributed by atoms with Gasteiger partial charge >= 0.3 is 11.2 Å². The first-order chi connectivity index (χ1) is 6.61. The van der Waals surface area contributed by atoms with Gasteiger partial charge in [-0.05, 0) is 0 Å². The van der Waals surface area contributed by atoms with Crippen molar-refractivity contribution in [1.82, 2.24) is 19.2 Å². The Morgan fingerprint density at radius 1 is 1.57 bits per heavy atom. The van der Waals surface area contributed by atoms with Crippen LogP contribution < -0.4 is 5.56 Å². The number of rotatable bonds is 1. The average Bonchev–Trinajstić information content (AvgIpc) is 2.59. The van der Waals surface area contributed by atoms with Crippen molar-refractivity contribution in [1.29, 1.82) is 0 Å². The van der Waals surface area contributed by atoms with Gasteiger partial charge in [0.1, 0.15) is 6.33 Å². The fourth-order valence-electron chi connectivity index (χ4n) is 1.15. The molecule has 0 atom stereocenters. The summed E-state index contributed by atoms with van der Waals surface area (Å²) in [6.07, 6.45) is 2.28. The lowest BCUT2D eigenvalue weighted by Gasteiger charge is -1.98. The van der Waals surface area contributed by atoms with Gasteiger partial charge in [0.05, 0.1) is 11.1 Å². The highest BCUT2D eigenvalue weighted by molar-refractivity contribution is 5.34. The van der Waals surface area contributed by atoms with Crippen molar-refractivity contribution in [2.24, 2.45) is 7.05 Å². The Morgan fingerprint density at radius 3 is 2.93 bits per heavy atom. The maximum atomic E-state index is 11.4. The number of nitro groups is 1. The maximum Gasteiger partial charge on any atom is 0.353 e. The molecular weight excluding hydrogens is 190 g/mol. The smallest absolute Gasteiger partial charge is 0.313 e. The molecule has 0 bridgehead atoms. The van der Waals surface area contributed by atoms with Crippen molar-refractivity contribution in [3.63, 3.8) is 0 Å². The third kappa shape index (κ3) is 0.969. The highest BCUT2D eigenvalue weighted by Crippen LogP contribution is 2.03. The second-order valence-corrected chi connectivity index (χ2v) is 2.66. The van der Waals surface area contributed by atoms with Crippen LogP contribution in [-0.4, -0.2) is 24.1 Å². The van der Waals surface area contributed by atoms with E-state index in [4.69, 9.17) is 0 Å². The zero-order valence-corrected chi connectivity index (χ0v) is 7.12. The first-order valence-corrected chi connectivity index (χ1v) is 3.65. The molecule has 0 aromatic carbocycles. The van der Waals surface area contributed by atoms with Gasteiger partial charge in [0.25, 0.3) is 0 Å². The third-order valence-corrected chi connectivity index (χ3v) is 1.77. The van der Waals surface area contributed by atoms with Crippen molar-refractivity contribution in [2.75, 3.05) is 0 Å². The molecule has 0 radical (unpaired) electrons. The van der Waals surface area contributed by atoms with Gasteiger partial charge in [-0.2, -0.15) is 9.50 Å². The molecule has 0 unspecified atom stereocenters. The minimum atomic E-state index is -0.777. The van der Waals surface area contributed by atoms with E-state index in [1.807, 2.05) is 0 Å². The van der Waals surface area contributed by atoms with Crippen molar-refractivity contribution >= 4 is 11.5 Å². The van der Waals surface area contributed by atoms with E-state index in [2.05, 4.69) is 10.1 Å². The Morgan fingerprint density at radius 2 is 2.29 bits per heavy atom. The van der Waals surface area contributed by atoms with Crippen LogP contribution >= 0.6 is 0 Å². The van der Waals surface area contributed by atoms with E-state index in [0.29, 0.717) is 0 Å². The molecule has 14 heavy (non-hydrogen) atoms. The molecule has 2 heterocycles. The first-order valence-electron chi connectivity index (χ1n) is 3.65. The number of aromatic nitrogens is 4. The van der Waals surface area contributed by atoms with E-state index < -0.39 is 16.2 Å². The summed E-state index contributed by atoms with van der Waals surface area (Å²) in [6, 6.07) is 0. The molecular formula is C6H5N5O3. The molecule has 0 fully saturated rings. The van der Waals surface area contributed by atoms with Gasteiger partial charge in [-0.1, -0.05) is 0 Å². The van der Waals surface area contributed by atoms with Gasteiger partial charge in [0, 0.05) is 7.05 Å². The lowest BCUT2D eigenvalue weighted by atomic mass is 10.5. The molecule has 0 N–H and O–H groups in total. The van der Waals surface area contributed by atoms with E-state index in [1.54, 1.807) is 7.05 Å². The second-order valence-electron chi connectivity index (χ2n) is 2.66. The highest BCUT2D eigenvalue weighted by Gasteiger charge is 2.17. The Labute approximate surface area is 76.6 Å². The standard InChI is InChI=1S/C6H5N5O3/c1-9-2-4(11(13)14)5(12)10-6(9)7-3-8-10/h2-3H,1H3. The van der Waals surface area contributed by atoms with Crippen LogP contribution in [-0.2, 0) is 7.05 Å². The summed E-state index contributed by atoms with van der Waals surface area (Å²) in [5, 5.41) is 14.1. The second kappa shape index (κ2) is 2.62. The van der Waals surface area contributed by atoms with E-state index in [0.717, 1.165) is 10.7 Å². The Kier molecular flexibility index (Phi) is 1.56. The molecule has 8 heteroatoms. The molecule has 8 nitrogen and oxygen atoms in total. The molecule has 0 spiro atoms. The van der Waals surface area contributed by atoms with Gasteiger partial charge in [-0.25, -0.2) is 0 Å². The Balaban J connectivity index is 2.96. The fourth-order valence-corrected chi connectivity index (χ4v) is 1.15. The summed E-state index contributed by atoms with van der Waals surface area (Å²) in [6.45, 7) is 0. The van der Waals surface area contributed by atoms with Crippen LogP contribution in [0.3, 0.4) is 0 Å². The van der Waals surface area contributed by atoms with Crippen molar-refractivity contribution < 1.29 is 4.92 Å². The van der Waals surface area contributed by atoms with E-state index >= 15 is 0 Å². The Hall–Kier alpha value is -2.25. The van der Waals surface area contributed by atoms with Crippen LogP contribution in [0.25, 0.3) is 5.78 Å². The molecule has 0 saturated carbocycles. The fraction of sp³-hybridized carbons (Fsp3) is 0.167. The van der Waals surface area contributed by atoms with E-state index in [9.17, 15) is 14.9 Å². The predicted molar refractivity (Wildman–Crippen MR) is 44.9 cm³/mol. The van der Waals surface area contributed by atoms with Gasteiger partial charge < -0.3 is 4.57 Å². The van der Waals surface area contributed by atoms with Gasteiger partial charge in [0.2, 0.25) is 5.78 Å². The molecule has 0 aliphatic rings. The predicted octanol–water partition coefficient (Wildman–Crippen LogP) is -0.664. The van der Waals surface area contributed by atoms with Crippen LogP contribution in [0.1, 0.15) is 0 Å². The molecule has 72 valence electrons. The normalized spacial score (nSPS) is 10.6. The number of hydrogen-bond acceptors (Lipinski definition) is 5. The minimum Gasteiger partial charge on any atom is -0.313 e. The van der Waals surface area contributed by atoms with Crippen LogP contribution in [0.5, 0.6) is 0 Å². The first kappa shape index (κ1) is 8.35. The van der Waals surface area contributed by atoms with E-state index in [1.165, 1.54) is 10.9 Å². The van der Waals surface area contributed by atoms with Gasteiger partial charge in [-0.3, -0.25) is 14.9 Å². The third-order valence-electron chi connectivity index (χ3n) is 1.77. The summed E-state index contributed by atoms with van der Waals surface area (Å²) in [5.74, 6) is 0.264. The molecule has 2 aromatic rings.